The van der Waals surface area contributed by atoms with E-state index in [1.165, 1.54) is 55.6 Å². The minimum absolute atomic E-state index is 0.158. The summed E-state index contributed by atoms with van der Waals surface area (Å²) in [5, 5.41) is 3.53. The zero-order valence-corrected chi connectivity index (χ0v) is 14.2. The van der Waals surface area contributed by atoms with Crippen LogP contribution in [0.5, 0.6) is 0 Å². The van der Waals surface area contributed by atoms with Crippen LogP contribution in [-0.2, 0) is 11.8 Å². The maximum Gasteiger partial charge on any atom is 0.0934 e. The van der Waals surface area contributed by atoms with Crippen LogP contribution in [0.15, 0.2) is 5.38 Å². The SMILES string of the molecule is CC(C)(C)c1csc(CC2(CN)CCCCCCC2)n1. The van der Waals surface area contributed by atoms with Crippen LogP contribution in [0.25, 0.3) is 0 Å². The van der Waals surface area contributed by atoms with Crippen LogP contribution in [0.3, 0.4) is 0 Å². The summed E-state index contributed by atoms with van der Waals surface area (Å²) >= 11 is 1.83. The zero-order chi connectivity index (χ0) is 14.6. The van der Waals surface area contributed by atoms with Crippen molar-refractivity contribution in [2.45, 2.75) is 77.6 Å². The molecule has 1 saturated carbocycles. The van der Waals surface area contributed by atoms with Crippen molar-refractivity contribution in [3.8, 4) is 0 Å². The van der Waals surface area contributed by atoms with E-state index in [1.807, 2.05) is 11.3 Å². The van der Waals surface area contributed by atoms with E-state index in [4.69, 9.17) is 10.7 Å². The van der Waals surface area contributed by atoms with Gasteiger partial charge < -0.3 is 5.73 Å². The van der Waals surface area contributed by atoms with Crippen molar-refractivity contribution < 1.29 is 0 Å². The molecule has 0 bridgehead atoms. The number of nitrogens with zero attached hydrogens (tertiary/aromatic N) is 1. The second-order valence-electron chi connectivity index (χ2n) is 7.53. The van der Waals surface area contributed by atoms with E-state index in [0.29, 0.717) is 5.41 Å². The van der Waals surface area contributed by atoms with Gasteiger partial charge in [0, 0.05) is 17.2 Å². The van der Waals surface area contributed by atoms with Gasteiger partial charge in [-0.05, 0) is 24.8 Å². The first-order valence-corrected chi connectivity index (χ1v) is 8.98. The highest BCUT2D eigenvalue weighted by Crippen LogP contribution is 2.37. The summed E-state index contributed by atoms with van der Waals surface area (Å²) in [5.74, 6) is 0. The van der Waals surface area contributed by atoms with Gasteiger partial charge in [0.05, 0.1) is 10.7 Å². The summed E-state index contributed by atoms with van der Waals surface area (Å²) in [7, 11) is 0. The number of rotatable bonds is 3. The molecule has 1 aliphatic carbocycles. The number of thiazole rings is 1. The lowest BCUT2D eigenvalue weighted by Crippen LogP contribution is -2.33. The molecule has 0 unspecified atom stereocenters. The van der Waals surface area contributed by atoms with Crippen LogP contribution in [0.1, 0.15) is 76.4 Å². The molecule has 1 aromatic rings. The third kappa shape index (κ3) is 4.05. The van der Waals surface area contributed by atoms with Crippen molar-refractivity contribution in [2.75, 3.05) is 6.54 Å². The predicted octanol–water partition coefficient (Wildman–Crippen LogP) is 4.67. The lowest BCUT2D eigenvalue weighted by molar-refractivity contribution is 0.216. The van der Waals surface area contributed by atoms with Crippen LogP contribution in [0.4, 0.5) is 0 Å². The normalized spacial score (nSPS) is 20.4. The van der Waals surface area contributed by atoms with Gasteiger partial charge in [-0.1, -0.05) is 52.9 Å². The second kappa shape index (κ2) is 6.57. The second-order valence-corrected chi connectivity index (χ2v) is 8.47. The summed E-state index contributed by atoms with van der Waals surface area (Å²) in [6.07, 6.45) is 10.5. The van der Waals surface area contributed by atoms with Crippen molar-refractivity contribution >= 4 is 11.3 Å². The highest BCUT2D eigenvalue weighted by molar-refractivity contribution is 7.09. The minimum atomic E-state index is 0.158. The third-order valence-corrected chi connectivity index (χ3v) is 5.54. The van der Waals surface area contributed by atoms with E-state index in [-0.39, 0.29) is 5.41 Å². The van der Waals surface area contributed by atoms with Crippen LogP contribution in [-0.4, -0.2) is 11.5 Å². The summed E-state index contributed by atoms with van der Waals surface area (Å²) < 4.78 is 0. The first kappa shape index (κ1) is 16.0. The zero-order valence-electron chi connectivity index (χ0n) is 13.4. The molecule has 1 fully saturated rings. The first-order chi connectivity index (χ1) is 9.45. The van der Waals surface area contributed by atoms with Crippen molar-refractivity contribution in [3.63, 3.8) is 0 Å². The molecule has 2 rings (SSSR count). The van der Waals surface area contributed by atoms with Gasteiger partial charge in [-0.15, -0.1) is 11.3 Å². The molecular weight excluding hydrogens is 264 g/mol. The molecule has 114 valence electrons. The fourth-order valence-electron chi connectivity index (χ4n) is 3.17. The molecule has 0 aromatic carbocycles. The Labute approximate surface area is 128 Å². The number of aromatic nitrogens is 1. The van der Waals surface area contributed by atoms with Gasteiger partial charge in [-0.2, -0.15) is 0 Å². The van der Waals surface area contributed by atoms with Crippen molar-refractivity contribution in [1.82, 2.24) is 4.98 Å². The molecular formula is C17H30N2S. The van der Waals surface area contributed by atoms with Crippen LogP contribution >= 0.6 is 11.3 Å². The Hall–Kier alpha value is -0.410. The molecule has 2 N–H and O–H groups in total. The van der Waals surface area contributed by atoms with E-state index >= 15 is 0 Å². The molecule has 0 spiro atoms. The maximum atomic E-state index is 6.18. The summed E-state index contributed by atoms with van der Waals surface area (Å²) in [5.41, 5.74) is 7.88. The topological polar surface area (TPSA) is 38.9 Å². The van der Waals surface area contributed by atoms with E-state index in [1.54, 1.807) is 0 Å². The van der Waals surface area contributed by atoms with Crippen molar-refractivity contribution in [3.05, 3.63) is 16.1 Å². The van der Waals surface area contributed by atoms with E-state index in [0.717, 1.165) is 13.0 Å². The maximum absolute atomic E-state index is 6.18. The van der Waals surface area contributed by atoms with Gasteiger partial charge in [0.2, 0.25) is 0 Å². The Morgan fingerprint density at radius 2 is 1.75 bits per heavy atom. The predicted molar refractivity (Wildman–Crippen MR) is 88.3 cm³/mol. The number of hydrogen-bond donors (Lipinski definition) is 1. The standard InChI is InChI=1S/C17H30N2S/c1-16(2,3)14-12-20-15(19-14)11-17(13-18)9-7-5-4-6-8-10-17/h12H,4-11,13,18H2,1-3H3. The molecule has 0 amide bonds. The van der Waals surface area contributed by atoms with Crippen molar-refractivity contribution in [1.29, 1.82) is 0 Å². The average Bonchev–Trinajstić information content (AvgIpc) is 2.81. The Morgan fingerprint density at radius 1 is 1.15 bits per heavy atom. The largest absolute Gasteiger partial charge is 0.330 e. The molecule has 0 radical (unpaired) electrons. The summed E-state index contributed by atoms with van der Waals surface area (Å²) in [6.45, 7) is 7.53. The fraction of sp³-hybridized carbons (Fsp3) is 0.824. The van der Waals surface area contributed by atoms with Gasteiger partial charge in [-0.3, -0.25) is 0 Å². The molecule has 1 aromatic heterocycles. The molecule has 20 heavy (non-hydrogen) atoms. The van der Waals surface area contributed by atoms with E-state index < -0.39 is 0 Å². The molecule has 0 aliphatic heterocycles. The lowest BCUT2D eigenvalue weighted by atomic mass is 9.74. The molecule has 2 nitrogen and oxygen atoms in total. The monoisotopic (exact) mass is 294 g/mol. The number of hydrogen-bond acceptors (Lipinski definition) is 3. The molecule has 3 heteroatoms. The van der Waals surface area contributed by atoms with Gasteiger partial charge in [0.15, 0.2) is 0 Å². The van der Waals surface area contributed by atoms with Gasteiger partial charge in [0.25, 0.3) is 0 Å². The van der Waals surface area contributed by atoms with Crippen LogP contribution in [0, 0.1) is 5.41 Å². The quantitative estimate of drug-likeness (QED) is 0.879. The Bertz CT molecular complexity index is 409. The Morgan fingerprint density at radius 3 is 2.25 bits per heavy atom. The van der Waals surface area contributed by atoms with Crippen molar-refractivity contribution in [2.24, 2.45) is 11.1 Å². The fourth-order valence-corrected chi connectivity index (χ4v) is 4.36. The van der Waals surface area contributed by atoms with Crippen LogP contribution in [0.2, 0.25) is 0 Å². The average molecular weight is 295 g/mol. The van der Waals surface area contributed by atoms with E-state index in [9.17, 15) is 0 Å². The Kier molecular flexibility index (Phi) is 5.25. The Balaban J connectivity index is 2.10. The van der Waals surface area contributed by atoms with Gasteiger partial charge in [0.1, 0.15) is 0 Å². The molecule has 0 saturated heterocycles. The summed E-state index contributed by atoms with van der Waals surface area (Å²) in [6, 6.07) is 0. The van der Waals surface area contributed by atoms with Crippen LogP contribution < -0.4 is 5.73 Å². The van der Waals surface area contributed by atoms with E-state index in [2.05, 4.69) is 26.2 Å². The molecule has 1 heterocycles. The smallest absolute Gasteiger partial charge is 0.0934 e. The van der Waals surface area contributed by atoms with Gasteiger partial charge >= 0.3 is 0 Å². The summed E-state index contributed by atoms with van der Waals surface area (Å²) in [4.78, 5) is 4.89. The highest BCUT2D eigenvalue weighted by atomic mass is 32.1. The first-order valence-electron chi connectivity index (χ1n) is 8.10. The third-order valence-electron chi connectivity index (χ3n) is 4.69. The highest BCUT2D eigenvalue weighted by Gasteiger charge is 2.30. The number of nitrogens with two attached hydrogens (primary N) is 1. The minimum Gasteiger partial charge on any atom is -0.330 e. The molecule has 0 atom stereocenters. The molecule has 1 aliphatic rings. The van der Waals surface area contributed by atoms with Gasteiger partial charge in [-0.25, -0.2) is 4.98 Å². The lowest BCUT2D eigenvalue weighted by Gasteiger charge is -2.33.